The molecule has 1 amide bonds. The zero-order valence-electron chi connectivity index (χ0n) is 13.5. The Hall–Kier alpha value is -1.40. The van der Waals surface area contributed by atoms with Gasteiger partial charge in [0.05, 0.1) is 5.41 Å². The number of hydrogen-bond donors (Lipinski definition) is 2. The van der Waals surface area contributed by atoms with Gasteiger partial charge in [-0.25, -0.2) is 4.79 Å². The third kappa shape index (κ3) is 2.97. The fourth-order valence-electron chi connectivity index (χ4n) is 3.99. The maximum Gasteiger partial charge on any atom is 0.335 e. The third-order valence-electron chi connectivity index (χ3n) is 5.52. The number of hydrogen-bond acceptors (Lipinski definition) is 3. The summed E-state index contributed by atoms with van der Waals surface area (Å²) in [6.45, 7) is 0.578. The van der Waals surface area contributed by atoms with Gasteiger partial charge in [-0.1, -0.05) is 40.9 Å². The third-order valence-corrected chi connectivity index (χ3v) is 6.01. The molecule has 1 aromatic carbocycles. The lowest BCUT2D eigenvalue weighted by Gasteiger charge is -2.40. The van der Waals surface area contributed by atoms with Crippen molar-refractivity contribution < 1.29 is 19.8 Å². The first-order valence-corrected chi connectivity index (χ1v) is 9.18. The van der Waals surface area contributed by atoms with Gasteiger partial charge >= 0.3 is 5.97 Å². The molecular formula is C18H22BrNO4. The normalized spacial score (nSPS) is 22.3. The van der Waals surface area contributed by atoms with E-state index in [1.54, 1.807) is 4.90 Å². The molecule has 1 heterocycles. The van der Waals surface area contributed by atoms with Crippen LogP contribution in [0.2, 0.25) is 0 Å². The molecule has 0 atom stereocenters. The van der Waals surface area contributed by atoms with Crippen LogP contribution in [0.15, 0.2) is 28.7 Å². The lowest BCUT2D eigenvalue weighted by Crippen LogP contribution is -2.54. The Balaban J connectivity index is 1.83. The van der Waals surface area contributed by atoms with Crippen molar-refractivity contribution in [1.29, 1.82) is 0 Å². The van der Waals surface area contributed by atoms with Gasteiger partial charge in [-0.05, 0) is 30.5 Å². The van der Waals surface area contributed by atoms with Crippen molar-refractivity contribution in [2.45, 2.75) is 49.5 Å². The fraction of sp³-hybridized carbons (Fsp3) is 0.556. The predicted octanol–water partition coefficient (Wildman–Crippen LogP) is 2.70. The molecule has 2 N–H and O–H groups in total. The largest absolute Gasteiger partial charge is 0.479 e. The summed E-state index contributed by atoms with van der Waals surface area (Å²) in [6.07, 6.45) is 3.85. The summed E-state index contributed by atoms with van der Waals surface area (Å²) in [6, 6.07) is 7.92. The van der Waals surface area contributed by atoms with Gasteiger partial charge in [-0.2, -0.15) is 0 Å². The van der Waals surface area contributed by atoms with Crippen molar-refractivity contribution in [1.82, 2.24) is 4.90 Å². The molecule has 6 heteroatoms. The van der Waals surface area contributed by atoms with Crippen molar-refractivity contribution in [3.63, 3.8) is 0 Å². The monoisotopic (exact) mass is 395 g/mol. The fourth-order valence-corrected chi connectivity index (χ4v) is 4.39. The molecule has 1 aliphatic carbocycles. The van der Waals surface area contributed by atoms with E-state index in [2.05, 4.69) is 15.9 Å². The highest BCUT2D eigenvalue weighted by Gasteiger charge is 2.48. The molecule has 1 aliphatic heterocycles. The highest BCUT2D eigenvalue weighted by Crippen LogP contribution is 2.44. The first kappa shape index (κ1) is 17.4. The summed E-state index contributed by atoms with van der Waals surface area (Å²) < 4.78 is 0.956. The zero-order chi connectivity index (χ0) is 17.4. The van der Waals surface area contributed by atoms with Gasteiger partial charge in [0.1, 0.15) is 0 Å². The number of nitrogens with zero attached hydrogens (tertiary/aromatic N) is 1. The highest BCUT2D eigenvalue weighted by molar-refractivity contribution is 9.10. The predicted molar refractivity (Wildman–Crippen MR) is 92.7 cm³/mol. The molecule has 0 radical (unpaired) electrons. The molecule has 0 unspecified atom stereocenters. The molecular weight excluding hydrogens is 374 g/mol. The number of likely N-dealkylation sites (tertiary alicyclic amines) is 1. The maximum atomic E-state index is 13.3. The van der Waals surface area contributed by atoms with Gasteiger partial charge in [-0.15, -0.1) is 0 Å². The Kier molecular flexibility index (Phi) is 4.71. The number of amides is 1. The SMILES string of the molecule is O=C(O)C1(O)CCN(C(=O)C2(c3cccc(Br)c3)CCCC2)CC1. The molecule has 1 saturated carbocycles. The van der Waals surface area contributed by atoms with E-state index in [4.69, 9.17) is 5.11 Å². The molecule has 24 heavy (non-hydrogen) atoms. The van der Waals surface area contributed by atoms with E-state index in [0.717, 1.165) is 35.7 Å². The Morgan fingerprint density at radius 1 is 1.08 bits per heavy atom. The lowest BCUT2D eigenvalue weighted by atomic mass is 9.77. The summed E-state index contributed by atoms with van der Waals surface area (Å²) in [5, 5.41) is 19.2. The summed E-state index contributed by atoms with van der Waals surface area (Å²) in [5.74, 6) is -1.12. The topological polar surface area (TPSA) is 77.8 Å². The van der Waals surface area contributed by atoms with E-state index in [0.29, 0.717) is 0 Å². The molecule has 0 aromatic heterocycles. The van der Waals surface area contributed by atoms with Crippen molar-refractivity contribution in [3.8, 4) is 0 Å². The van der Waals surface area contributed by atoms with E-state index in [9.17, 15) is 14.7 Å². The van der Waals surface area contributed by atoms with Gasteiger partial charge in [0, 0.05) is 30.4 Å². The molecule has 2 fully saturated rings. The number of carbonyl (C=O) groups excluding carboxylic acids is 1. The number of halogens is 1. The van der Waals surface area contributed by atoms with Gasteiger partial charge in [0.25, 0.3) is 0 Å². The average molecular weight is 396 g/mol. The number of carbonyl (C=O) groups is 2. The first-order valence-electron chi connectivity index (χ1n) is 8.39. The van der Waals surface area contributed by atoms with E-state index in [1.165, 1.54) is 0 Å². The van der Waals surface area contributed by atoms with Gasteiger partial charge in [0.2, 0.25) is 5.91 Å². The highest BCUT2D eigenvalue weighted by atomic mass is 79.9. The van der Waals surface area contributed by atoms with Crippen molar-refractivity contribution in [3.05, 3.63) is 34.3 Å². The number of aliphatic carboxylic acids is 1. The molecule has 130 valence electrons. The minimum Gasteiger partial charge on any atom is -0.479 e. The first-order chi connectivity index (χ1) is 11.4. The summed E-state index contributed by atoms with van der Waals surface area (Å²) in [4.78, 5) is 26.2. The van der Waals surface area contributed by atoms with Crippen LogP contribution >= 0.6 is 15.9 Å². The van der Waals surface area contributed by atoms with Crippen LogP contribution in [-0.4, -0.2) is 45.7 Å². The second-order valence-corrected chi connectivity index (χ2v) is 7.84. The number of piperidine rings is 1. The summed E-state index contributed by atoms with van der Waals surface area (Å²) in [7, 11) is 0. The number of carboxylic acid groups (broad SMARTS) is 1. The molecule has 0 spiro atoms. The zero-order valence-corrected chi connectivity index (χ0v) is 15.1. The minimum atomic E-state index is -1.70. The van der Waals surface area contributed by atoms with E-state index >= 15 is 0 Å². The van der Waals surface area contributed by atoms with Gasteiger partial charge in [0.15, 0.2) is 5.60 Å². The lowest BCUT2D eigenvalue weighted by molar-refractivity contribution is -0.166. The summed E-state index contributed by atoms with van der Waals surface area (Å²) in [5.41, 5.74) is -1.18. The Labute approximate surface area is 149 Å². The van der Waals surface area contributed by atoms with Crippen molar-refractivity contribution >= 4 is 27.8 Å². The molecule has 0 bridgehead atoms. The molecule has 2 aliphatic rings. The van der Waals surface area contributed by atoms with Gasteiger partial charge < -0.3 is 15.1 Å². The second-order valence-electron chi connectivity index (χ2n) is 6.93. The minimum absolute atomic E-state index is 0.0746. The Bertz CT molecular complexity index is 646. The van der Waals surface area contributed by atoms with Crippen LogP contribution < -0.4 is 0 Å². The Morgan fingerprint density at radius 3 is 2.25 bits per heavy atom. The standard InChI is InChI=1S/C18H22BrNO4/c19-14-5-3-4-13(12-14)17(6-1-2-7-17)15(21)20-10-8-18(24,9-11-20)16(22)23/h3-5,12,24H,1-2,6-11H2,(H,22,23). The van der Waals surface area contributed by atoms with Crippen LogP contribution in [0.1, 0.15) is 44.1 Å². The van der Waals surface area contributed by atoms with E-state index in [1.807, 2.05) is 24.3 Å². The summed E-state index contributed by atoms with van der Waals surface area (Å²) >= 11 is 3.49. The van der Waals surface area contributed by atoms with Crippen LogP contribution in [0, 0.1) is 0 Å². The van der Waals surface area contributed by atoms with E-state index in [-0.39, 0.29) is 31.8 Å². The van der Waals surface area contributed by atoms with Gasteiger partial charge in [-0.3, -0.25) is 4.79 Å². The number of carboxylic acids is 1. The van der Waals surface area contributed by atoms with Crippen LogP contribution in [0.3, 0.4) is 0 Å². The molecule has 5 nitrogen and oxygen atoms in total. The van der Waals surface area contributed by atoms with Crippen LogP contribution in [0.4, 0.5) is 0 Å². The van der Waals surface area contributed by atoms with Crippen molar-refractivity contribution in [2.75, 3.05) is 13.1 Å². The van der Waals surface area contributed by atoms with Crippen molar-refractivity contribution in [2.24, 2.45) is 0 Å². The molecule has 1 saturated heterocycles. The van der Waals surface area contributed by atoms with E-state index < -0.39 is 17.0 Å². The molecule has 3 rings (SSSR count). The maximum absolute atomic E-state index is 13.3. The van der Waals surface area contributed by atoms with Crippen LogP contribution in [0.25, 0.3) is 0 Å². The quantitative estimate of drug-likeness (QED) is 0.824. The number of rotatable bonds is 3. The average Bonchev–Trinajstić information content (AvgIpc) is 3.06. The second kappa shape index (κ2) is 6.48. The van der Waals surface area contributed by atoms with Crippen LogP contribution in [0.5, 0.6) is 0 Å². The molecule has 1 aromatic rings. The number of benzene rings is 1. The smallest absolute Gasteiger partial charge is 0.335 e. The van der Waals surface area contributed by atoms with Crippen LogP contribution in [-0.2, 0) is 15.0 Å². The Morgan fingerprint density at radius 2 is 1.71 bits per heavy atom. The number of aliphatic hydroxyl groups is 1.